The first-order valence-corrected chi connectivity index (χ1v) is 9.06. The first-order chi connectivity index (χ1) is 12.5. The summed E-state index contributed by atoms with van der Waals surface area (Å²) in [4.78, 5) is 36.5. The number of carbonyl (C=O) groups excluding carboxylic acids is 2. The highest BCUT2D eigenvalue weighted by atomic mass is 16.6. The Labute approximate surface area is 153 Å². The number of hydrogen-bond acceptors (Lipinski definition) is 6. The van der Waals surface area contributed by atoms with Crippen molar-refractivity contribution >= 4 is 17.8 Å². The zero-order valence-electron chi connectivity index (χ0n) is 15.6. The summed E-state index contributed by atoms with van der Waals surface area (Å²) in [5.74, 6) is 1.05. The highest BCUT2D eigenvalue weighted by Crippen LogP contribution is 2.30. The fraction of sp³-hybridized carbons (Fsp3) is 0.667. The van der Waals surface area contributed by atoms with E-state index in [1.807, 2.05) is 4.90 Å². The van der Waals surface area contributed by atoms with Gasteiger partial charge < -0.3 is 14.4 Å². The van der Waals surface area contributed by atoms with Crippen molar-refractivity contribution in [3.63, 3.8) is 0 Å². The monoisotopic (exact) mass is 362 g/mol. The maximum atomic E-state index is 12.1. The molecule has 2 saturated heterocycles. The molecule has 0 aromatic carbocycles. The fourth-order valence-corrected chi connectivity index (χ4v) is 3.51. The van der Waals surface area contributed by atoms with E-state index in [-0.39, 0.29) is 36.5 Å². The Morgan fingerprint density at radius 2 is 2.08 bits per heavy atom. The van der Waals surface area contributed by atoms with Gasteiger partial charge in [-0.1, -0.05) is 13.8 Å². The first-order valence-electron chi connectivity index (χ1n) is 9.06. The van der Waals surface area contributed by atoms with Gasteiger partial charge in [-0.25, -0.2) is 9.78 Å². The van der Waals surface area contributed by atoms with Crippen LogP contribution < -0.4 is 4.90 Å². The van der Waals surface area contributed by atoms with Crippen LogP contribution in [0.15, 0.2) is 12.4 Å². The Morgan fingerprint density at radius 3 is 2.73 bits per heavy atom. The van der Waals surface area contributed by atoms with Gasteiger partial charge in [-0.05, 0) is 18.8 Å². The molecule has 3 heterocycles. The molecular formula is C18H26N4O4. The number of hydrogen-bond donors (Lipinski definition) is 0. The first kappa shape index (κ1) is 18.6. The molecule has 1 aromatic rings. The number of anilines is 1. The van der Waals surface area contributed by atoms with E-state index < -0.39 is 0 Å². The molecule has 3 rings (SSSR count). The highest BCUT2D eigenvalue weighted by molar-refractivity contribution is 5.89. The zero-order valence-corrected chi connectivity index (χ0v) is 15.6. The van der Waals surface area contributed by atoms with Crippen molar-refractivity contribution in [1.29, 1.82) is 0 Å². The number of amides is 2. The minimum Gasteiger partial charge on any atom is -0.447 e. The molecule has 0 saturated carbocycles. The van der Waals surface area contributed by atoms with Crippen LogP contribution in [-0.4, -0.2) is 66.3 Å². The van der Waals surface area contributed by atoms with Gasteiger partial charge in [-0.3, -0.25) is 14.7 Å². The van der Waals surface area contributed by atoms with Gasteiger partial charge in [0, 0.05) is 32.3 Å². The maximum absolute atomic E-state index is 12.1. The SMILES string of the molecule is COCC(=O)N1CCC(c2cncc(N3C(=O)OC[C@H]3C(C)C)n2)CC1. The molecule has 0 radical (unpaired) electrons. The van der Waals surface area contributed by atoms with Crippen LogP contribution in [0.2, 0.25) is 0 Å². The standard InChI is InChI=1S/C18H26N4O4/c1-12(2)15-10-26-18(24)22(15)16-9-19-8-14(20-16)13-4-6-21(7-5-13)17(23)11-25-3/h8-9,12-13,15H,4-7,10-11H2,1-3H3/t15-/m0/s1. The Hall–Kier alpha value is -2.22. The average Bonchev–Trinajstić information content (AvgIpc) is 3.04. The van der Waals surface area contributed by atoms with Crippen LogP contribution in [0.4, 0.5) is 10.6 Å². The summed E-state index contributed by atoms with van der Waals surface area (Å²) in [6.45, 7) is 5.97. The van der Waals surface area contributed by atoms with Crippen molar-refractivity contribution in [2.45, 2.75) is 38.6 Å². The Morgan fingerprint density at radius 1 is 1.35 bits per heavy atom. The van der Waals surface area contributed by atoms with Gasteiger partial charge in [0.25, 0.3) is 0 Å². The average molecular weight is 362 g/mol. The van der Waals surface area contributed by atoms with E-state index >= 15 is 0 Å². The van der Waals surface area contributed by atoms with Gasteiger partial charge in [-0.15, -0.1) is 0 Å². The van der Waals surface area contributed by atoms with Crippen LogP contribution >= 0.6 is 0 Å². The summed E-state index contributed by atoms with van der Waals surface area (Å²) < 4.78 is 10.1. The third-order valence-corrected chi connectivity index (χ3v) is 5.10. The van der Waals surface area contributed by atoms with Crippen molar-refractivity contribution in [2.24, 2.45) is 5.92 Å². The zero-order chi connectivity index (χ0) is 18.7. The molecule has 1 aromatic heterocycles. The Kier molecular flexibility index (Phi) is 5.70. The smallest absolute Gasteiger partial charge is 0.415 e. The Balaban J connectivity index is 1.70. The number of ether oxygens (including phenoxy) is 2. The number of nitrogens with zero attached hydrogens (tertiary/aromatic N) is 4. The second kappa shape index (κ2) is 7.99. The van der Waals surface area contributed by atoms with E-state index in [0.29, 0.717) is 25.5 Å². The number of rotatable bonds is 5. The third-order valence-electron chi connectivity index (χ3n) is 5.10. The van der Waals surface area contributed by atoms with Crippen molar-refractivity contribution in [3.8, 4) is 0 Å². The quantitative estimate of drug-likeness (QED) is 0.794. The lowest BCUT2D eigenvalue weighted by molar-refractivity contribution is -0.136. The topological polar surface area (TPSA) is 84.9 Å². The van der Waals surface area contributed by atoms with Crippen molar-refractivity contribution in [1.82, 2.24) is 14.9 Å². The van der Waals surface area contributed by atoms with Gasteiger partial charge in [0.15, 0.2) is 5.82 Å². The number of piperidine rings is 1. The number of cyclic esters (lactones) is 1. The van der Waals surface area contributed by atoms with Crippen molar-refractivity contribution < 1.29 is 19.1 Å². The van der Waals surface area contributed by atoms with Gasteiger partial charge in [0.05, 0.1) is 17.9 Å². The molecule has 0 N–H and O–H groups in total. The molecule has 0 unspecified atom stereocenters. The minimum absolute atomic E-state index is 0.0189. The molecule has 2 aliphatic rings. The summed E-state index contributed by atoms with van der Waals surface area (Å²) >= 11 is 0. The minimum atomic E-state index is -0.366. The molecule has 2 fully saturated rings. The van der Waals surface area contributed by atoms with E-state index in [2.05, 4.69) is 18.8 Å². The van der Waals surface area contributed by atoms with E-state index in [1.165, 1.54) is 7.11 Å². The Bertz CT molecular complexity index is 658. The number of carbonyl (C=O) groups is 2. The molecule has 2 aliphatic heterocycles. The van der Waals surface area contributed by atoms with Crippen molar-refractivity contribution in [3.05, 3.63) is 18.1 Å². The molecule has 8 nitrogen and oxygen atoms in total. The summed E-state index contributed by atoms with van der Waals surface area (Å²) in [5, 5.41) is 0. The van der Waals surface area contributed by atoms with E-state index in [0.717, 1.165) is 18.5 Å². The second-order valence-electron chi connectivity index (χ2n) is 7.15. The molecule has 0 aliphatic carbocycles. The molecule has 8 heteroatoms. The molecule has 0 spiro atoms. The van der Waals surface area contributed by atoms with E-state index in [4.69, 9.17) is 14.5 Å². The lowest BCUT2D eigenvalue weighted by atomic mass is 9.93. The number of aromatic nitrogens is 2. The van der Waals surface area contributed by atoms with E-state index in [1.54, 1.807) is 17.3 Å². The largest absolute Gasteiger partial charge is 0.447 e. The number of methoxy groups -OCH3 is 1. The van der Waals surface area contributed by atoms with Crippen LogP contribution in [0.3, 0.4) is 0 Å². The summed E-state index contributed by atoms with van der Waals surface area (Å²) in [6.07, 6.45) is 4.65. The molecule has 0 bridgehead atoms. The molecule has 26 heavy (non-hydrogen) atoms. The maximum Gasteiger partial charge on any atom is 0.415 e. The lowest BCUT2D eigenvalue weighted by Crippen LogP contribution is -2.40. The van der Waals surface area contributed by atoms with Gasteiger partial charge >= 0.3 is 6.09 Å². The van der Waals surface area contributed by atoms with Gasteiger partial charge in [0.2, 0.25) is 5.91 Å². The predicted molar refractivity (Wildman–Crippen MR) is 94.9 cm³/mol. The summed E-state index contributed by atoms with van der Waals surface area (Å²) in [7, 11) is 1.53. The molecule has 2 amide bonds. The summed E-state index contributed by atoms with van der Waals surface area (Å²) in [5.41, 5.74) is 0.864. The molecule has 142 valence electrons. The van der Waals surface area contributed by atoms with Crippen molar-refractivity contribution in [2.75, 3.05) is 38.3 Å². The number of likely N-dealkylation sites (tertiary alicyclic amines) is 1. The fourth-order valence-electron chi connectivity index (χ4n) is 3.51. The lowest BCUT2D eigenvalue weighted by Gasteiger charge is -2.32. The van der Waals surface area contributed by atoms with Crippen LogP contribution in [0.25, 0.3) is 0 Å². The van der Waals surface area contributed by atoms with Crippen LogP contribution in [0.1, 0.15) is 38.3 Å². The normalized spacial score (nSPS) is 21.4. The van der Waals surface area contributed by atoms with Gasteiger partial charge in [-0.2, -0.15) is 0 Å². The second-order valence-corrected chi connectivity index (χ2v) is 7.15. The molecular weight excluding hydrogens is 336 g/mol. The van der Waals surface area contributed by atoms with E-state index in [9.17, 15) is 9.59 Å². The predicted octanol–water partition coefficient (Wildman–Crippen LogP) is 1.81. The highest BCUT2D eigenvalue weighted by Gasteiger charge is 2.37. The molecule has 1 atom stereocenters. The van der Waals surface area contributed by atoms with Crippen LogP contribution in [0, 0.1) is 5.92 Å². The summed E-state index contributed by atoms with van der Waals surface area (Å²) in [6, 6.07) is -0.0273. The van der Waals surface area contributed by atoms with Crippen LogP contribution in [-0.2, 0) is 14.3 Å². The van der Waals surface area contributed by atoms with Crippen LogP contribution in [0.5, 0.6) is 0 Å². The third kappa shape index (κ3) is 3.80. The van der Waals surface area contributed by atoms with Gasteiger partial charge in [0.1, 0.15) is 13.2 Å².